The molecule has 1 amide bonds. The molecule has 0 aromatic carbocycles. The molecule has 1 fully saturated rings. The van der Waals surface area contributed by atoms with Gasteiger partial charge in [-0.25, -0.2) is 0 Å². The van der Waals surface area contributed by atoms with Crippen LogP contribution in [-0.2, 0) is 25.5 Å². The van der Waals surface area contributed by atoms with Crippen LogP contribution in [0.15, 0.2) is 17.5 Å². The van der Waals surface area contributed by atoms with Gasteiger partial charge in [0.25, 0.3) is 0 Å². The topological polar surface area (TPSA) is 55.8 Å². The molecule has 0 saturated carbocycles. The Bertz CT molecular complexity index is 469. The number of rotatable bonds is 8. The van der Waals surface area contributed by atoms with E-state index in [4.69, 9.17) is 9.47 Å². The van der Waals surface area contributed by atoms with E-state index in [-0.39, 0.29) is 24.4 Å². The largest absolute Gasteiger partial charge is 0.466 e. The van der Waals surface area contributed by atoms with E-state index in [0.717, 1.165) is 24.3 Å². The Morgan fingerprint density at radius 1 is 1.50 bits per heavy atom. The van der Waals surface area contributed by atoms with Crippen molar-refractivity contribution in [2.24, 2.45) is 0 Å². The fourth-order valence-corrected chi connectivity index (χ4v) is 3.18. The molecule has 2 heterocycles. The van der Waals surface area contributed by atoms with E-state index >= 15 is 0 Å². The lowest BCUT2D eigenvalue weighted by molar-refractivity contribution is -0.144. The first kappa shape index (κ1) is 17.0. The molecule has 122 valence electrons. The van der Waals surface area contributed by atoms with Gasteiger partial charge in [-0.05, 0) is 31.2 Å². The van der Waals surface area contributed by atoms with Gasteiger partial charge in [0.2, 0.25) is 5.91 Å². The van der Waals surface area contributed by atoms with Crippen molar-refractivity contribution in [1.29, 1.82) is 0 Å². The summed E-state index contributed by atoms with van der Waals surface area (Å²) in [7, 11) is 0. The van der Waals surface area contributed by atoms with Crippen LogP contribution in [-0.4, -0.2) is 49.2 Å². The number of hydrogen-bond acceptors (Lipinski definition) is 5. The van der Waals surface area contributed by atoms with Crippen LogP contribution in [0.25, 0.3) is 0 Å². The quantitative estimate of drug-likeness (QED) is 0.688. The van der Waals surface area contributed by atoms with Gasteiger partial charge in [0.1, 0.15) is 0 Å². The molecule has 0 radical (unpaired) electrons. The van der Waals surface area contributed by atoms with Crippen molar-refractivity contribution in [3.8, 4) is 0 Å². The fraction of sp³-hybridized carbons (Fsp3) is 0.625. The standard InChI is InChI=1S/C16H23NO4S/c1-2-20-16(19)7-8-17(12-13-5-3-9-21-13)15(18)11-14-6-4-10-22-14/h4,6,10,13H,2-3,5,7-9,11-12H2,1H3. The molecule has 1 aromatic heterocycles. The summed E-state index contributed by atoms with van der Waals surface area (Å²) in [6, 6.07) is 3.90. The van der Waals surface area contributed by atoms with Crippen LogP contribution in [0.2, 0.25) is 0 Å². The van der Waals surface area contributed by atoms with Crippen molar-refractivity contribution >= 4 is 23.2 Å². The first-order chi connectivity index (χ1) is 10.7. The molecule has 5 nitrogen and oxygen atoms in total. The van der Waals surface area contributed by atoms with Crippen molar-refractivity contribution in [3.63, 3.8) is 0 Å². The number of amides is 1. The van der Waals surface area contributed by atoms with Gasteiger partial charge in [-0.3, -0.25) is 9.59 Å². The highest BCUT2D eigenvalue weighted by Crippen LogP contribution is 2.16. The molecule has 1 unspecified atom stereocenters. The minimum Gasteiger partial charge on any atom is -0.466 e. The Morgan fingerprint density at radius 3 is 3.00 bits per heavy atom. The van der Waals surface area contributed by atoms with Gasteiger partial charge in [0.15, 0.2) is 0 Å². The van der Waals surface area contributed by atoms with Gasteiger partial charge in [-0.15, -0.1) is 11.3 Å². The zero-order valence-corrected chi connectivity index (χ0v) is 13.8. The molecular weight excluding hydrogens is 302 g/mol. The Morgan fingerprint density at radius 2 is 2.36 bits per heavy atom. The zero-order chi connectivity index (χ0) is 15.8. The second kappa shape index (κ2) is 8.90. The molecule has 0 N–H and O–H groups in total. The number of esters is 1. The minimum atomic E-state index is -0.260. The van der Waals surface area contributed by atoms with E-state index in [9.17, 15) is 9.59 Å². The van der Waals surface area contributed by atoms with Crippen LogP contribution >= 0.6 is 11.3 Å². The third kappa shape index (κ3) is 5.42. The smallest absolute Gasteiger partial charge is 0.307 e. The number of hydrogen-bond donors (Lipinski definition) is 0. The summed E-state index contributed by atoms with van der Waals surface area (Å²) in [4.78, 5) is 26.8. The molecule has 0 bridgehead atoms. The number of nitrogens with zero attached hydrogens (tertiary/aromatic N) is 1. The lowest BCUT2D eigenvalue weighted by atomic mass is 10.2. The average molecular weight is 325 g/mol. The lowest BCUT2D eigenvalue weighted by Crippen LogP contribution is -2.39. The second-order valence-electron chi connectivity index (χ2n) is 5.29. The van der Waals surface area contributed by atoms with E-state index in [1.807, 2.05) is 17.5 Å². The third-order valence-corrected chi connectivity index (χ3v) is 4.47. The number of carbonyl (C=O) groups is 2. The molecule has 0 aliphatic carbocycles. The number of carbonyl (C=O) groups excluding carboxylic acids is 2. The van der Waals surface area contributed by atoms with Gasteiger partial charge in [-0.2, -0.15) is 0 Å². The second-order valence-corrected chi connectivity index (χ2v) is 6.32. The Kier molecular flexibility index (Phi) is 6.86. The van der Waals surface area contributed by atoms with Gasteiger partial charge in [-0.1, -0.05) is 6.07 Å². The predicted molar refractivity (Wildman–Crippen MR) is 84.8 cm³/mol. The molecule has 1 aliphatic heterocycles. The first-order valence-corrected chi connectivity index (χ1v) is 8.64. The van der Waals surface area contributed by atoms with Crippen molar-refractivity contribution in [1.82, 2.24) is 4.90 Å². The van der Waals surface area contributed by atoms with Crippen molar-refractivity contribution in [2.75, 3.05) is 26.3 Å². The zero-order valence-electron chi connectivity index (χ0n) is 13.0. The molecule has 2 rings (SSSR count). The van der Waals surface area contributed by atoms with Crippen molar-refractivity contribution in [3.05, 3.63) is 22.4 Å². The van der Waals surface area contributed by atoms with Crippen LogP contribution in [0.3, 0.4) is 0 Å². The van der Waals surface area contributed by atoms with E-state index in [1.165, 1.54) is 0 Å². The molecule has 1 aliphatic rings. The molecule has 22 heavy (non-hydrogen) atoms. The van der Waals surface area contributed by atoms with E-state index < -0.39 is 0 Å². The molecule has 1 atom stereocenters. The molecule has 0 spiro atoms. The van der Waals surface area contributed by atoms with Crippen LogP contribution in [0, 0.1) is 0 Å². The highest BCUT2D eigenvalue weighted by atomic mass is 32.1. The Hall–Kier alpha value is -1.40. The van der Waals surface area contributed by atoms with E-state index in [2.05, 4.69) is 0 Å². The van der Waals surface area contributed by atoms with Crippen LogP contribution in [0.4, 0.5) is 0 Å². The average Bonchev–Trinajstić information content (AvgIpc) is 3.17. The molecule has 1 aromatic rings. The van der Waals surface area contributed by atoms with Crippen LogP contribution in [0.5, 0.6) is 0 Å². The summed E-state index contributed by atoms with van der Waals surface area (Å²) in [5.41, 5.74) is 0. The Balaban J connectivity index is 1.90. The molecule has 6 heteroatoms. The number of ether oxygens (including phenoxy) is 2. The van der Waals surface area contributed by atoms with Gasteiger partial charge >= 0.3 is 5.97 Å². The van der Waals surface area contributed by atoms with Crippen molar-refractivity contribution in [2.45, 2.75) is 38.7 Å². The lowest BCUT2D eigenvalue weighted by Gasteiger charge is -2.25. The van der Waals surface area contributed by atoms with E-state index in [0.29, 0.717) is 26.1 Å². The SMILES string of the molecule is CCOC(=O)CCN(CC1CCCO1)C(=O)Cc1cccs1. The summed E-state index contributed by atoms with van der Waals surface area (Å²) < 4.78 is 10.6. The molecule has 1 saturated heterocycles. The minimum absolute atomic E-state index is 0.0437. The first-order valence-electron chi connectivity index (χ1n) is 7.76. The highest BCUT2D eigenvalue weighted by molar-refractivity contribution is 7.10. The maximum Gasteiger partial charge on any atom is 0.307 e. The van der Waals surface area contributed by atoms with Crippen LogP contribution in [0.1, 0.15) is 31.1 Å². The highest BCUT2D eigenvalue weighted by Gasteiger charge is 2.23. The van der Waals surface area contributed by atoms with Gasteiger partial charge < -0.3 is 14.4 Å². The normalized spacial score (nSPS) is 17.4. The maximum atomic E-state index is 12.5. The fourth-order valence-electron chi connectivity index (χ4n) is 2.49. The maximum absolute atomic E-state index is 12.5. The van der Waals surface area contributed by atoms with Crippen molar-refractivity contribution < 1.29 is 19.1 Å². The third-order valence-electron chi connectivity index (χ3n) is 3.60. The monoisotopic (exact) mass is 325 g/mol. The summed E-state index contributed by atoms with van der Waals surface area (Å²) in [6.45, 7) is 3.86. The Labute approximate surface area is 135 Å². The predicted octanol–water partition coefficient (Wildman–Crippen LogP) is 2.25. The summed E-state index contributed by atoms with van der Waals surface area (Å²) >= 11 is 1.57. The summed E-state index contributed by atoms with van der Waals surface area (Å²) in [5, 5.41) is 1.96. The van der Waals surface area contributed by atoms with Gasteiger partial charge in [0.05, 0.1) is 25.6 Å². The number of thiophene rings is 1. The summed E-state index contributed by atoms with van der Waals surface area (Å²) in [6.07, 6.45) is 2.72. The van der Waals surface area contributed by atoms with Gasteiger partial charge in [0, 0.05) is 24.6 Å². The summed E-state index contributed by atoms with van der Waals surface area (Å²) in [5.74, 6) is -0.217. The van der Waals surface area contributed by atoms with Crippen LogP contribution < -0.4 is 0 Å². The molecular formula is C16H23NO4S. The van der Waals surface area contributed by atoms with E-state index in [1.54, 1.807) is 23.2 Å².